The number of likely N-dealkylation sites (N-methyl/N-ethyl adjacent to an activating group) is 1. The minimum atomic E-state index is -4.35. The Balaban J connectivity index is 4.12. The van der Waals surface area contributed by atoms with Crippen molar-refractivity contribution in [2.24, 2.45) is 0 Å². The van der Waals surface area contributed by atoms with Gasteiger partial charge in [-0.25, -0.2) is 4.57 Å². The maximum Gasteiger partial charge on any atom is 0.472 e. The summed E-state index contributed by atoms with van der Waals surface area (Å²) in [5.74, 6) is -0.180. The van der Waals surface area contributed by atoms with Crippen LogP contribution in [0.25, 0.3) is 0 Å². The van der Waals surface area contributed by atoms with Gasteiger partial charge in [-0.3, -0.25) is 13.8 Å². The van der Waals surface area contributed by atoms with E-state index in [0.717, 1.165) is 38.5 Å². The van der Waals surface area contributed by atoms with Crippen LogP contribution in [-0.2, 0) is 18.4 Å². The summed E-state index contributed by atoms with van der Waals surface area (Å²) in [4.78, 5) is 23.3. The number of carbonyl (C=O) groups excluding carboxylic acids is 1. The second-order valence-corrected chi connectivity index (χ2v) is 24.6. The van der Waals surface area contributed by atoms with Gasteiger partial charge in [0.15, 0.2) is 0 Å². The molecule has 0 aromatic rings. The van der Waals surface area contributed by atoms with E-state index >= 15 is 0 Å². The molecule has 8 nitrogen and oxygen atoms in total. The van der Waals surface area contributed by atoms with Gasteiger partial charge >= 0.3 is 7.82 Å². The van der Waals surface area contributed by atoms with Crippen molar-refractivity contribution in [1.82, 2.24) is 5.32 Å². The van der Waals surface area contributed by atoms with Crippen molar-refractivity contribution in [3.8, 4) is 0 Å². The van der Waals surface area contributed by atoms with Gasteiger partial charge in [-0.1, -0.05) is 308 Å². The van der Waals surface area contributed by atoms with Crippen LogP contribution >= 0.6 is 7.82 Å². The van der Waals surface area contributed by atoms with Gasteiger partial charge in [0.1, 0.15) is 13.2 Å². The van der Waals surface area contributed by atoms with E-state index in [4.69, 9.17) is 9.05 Å². The molecule has 72 heavy (non-hydrogen) atoms. The van der Waals surface area contributed by atoms with E-state index in [2.05, 4.69) is 31.3 Å². The van der Waals surface area contributed by atoms with E-state index in [1.54, 1.807) is 6.08 Å². The normalized spacial score (nSPS) is 13.9. The fourth-order valence-electron chi connectivity index (χ4n) is 9.71. The van der Waals surface area contributed by atoms with Crippen molar-refractivity contribution in [2.75, 3.05) is 40.9 Å². The fraction of sp³-hybridized carbons (Fsp3) is 0.921. The fourth-order valence-corrected chi connectivity index (χ4v) is 10.4. The van der Waals surface area contributed by atoms with Crippen LogP contribution in [0.2, 0.25) is 0 Å². The van der Waals surface area contributed by atoms with Gasteiger partial charge in [-0.2, -0.15) is 0 Å². The van der Waals surface area contributed by atoms with E-state index in [9.17, 15) is 19.4 Å². The van der Waals surface area contributed by atoms with E-state index in [1.165, 1.54) is 263 Å². The zero-order valence-electron chi connectivity index (χ0n) is 48.9. The lowest BCUT2D eigenvalue weighted by Gasteiger charge is -2.25. The molecule has 3 N–H and O–H groups in total. The van der Waals surface area contributed by atoms with Crippen LogP contribution in [0.15, 0.2) is 24.3 Å². The highest BCUT2D eigenvalue weighted by atomic mass is 31.2. The number of aliphatic hydroxyl groups is 1. The van der Waals surface area contributed by atoms with E-state index < -0.39 is 20.0 Å². The van der Waals surface area contributed by atoms with Crippen LogP contribution in [-0.4, -0.2) is 73.4 Å². The molecule has 0 rings (SSSR count). The molecular formula is C63H126N2O6P+. The Morgan fingerprint density at radius 3 is 1.11 bits per heavy atom. The summed E-state index contributed by atoms with van der Waals surface area (Å²) in [6.07, 6.45) is 70.3. The molecule has 0 spiro atoms. The molecule has 0 radical (unpaired) electrons. The zero-order valence-corrected chi connectivity index (χ0v) is 49.8. The molecule has 3 atom stereocenters. The van der Waals surface area contributed by atoms with Crippen LogP contribution in [0.5, 0.6) is 0 Å². The highest BCUT2D eigenvalue weighted by Crippen LogP contribution is 2.43. The van der Waals surface area contributed by atoms with Crippen molar-refractivity contribution >= 4 is 13.7 Å². The van der Waals surface area contributed by atoms with Crippen molar-refractivity contribution in [3.63, 3.8) is 0 Å². The number of phosphoric ester groups is 1. The summed E-state index contributed by atoms with van der Waals surface area (Å²) < 4.78 is 23.7. The van der Waals surface area contributed by atoms with Crippen molar-refractivity contribution in [1.29, 1.82) is 0 Å². The van der Waals surface area contributed by atoms with Crippen LogP contribution in [0.1, 0.15) is 322 Å². The molecule has 3 unspecified atom stereocenters. The SMILES string of the molecule is CCCCCCCCCCCCCCCCCCCCCCCCCCC/C=C/CC/C=C/C(O)C(COP(=O)(O)OCC[N+](C)(C)C)NC(=O)CCCCCCCCCCCCCCCCCCCCC. The summed E-state index contributed by atoms with van der Waals surface area (Å²) in [7, 11) is 1.57. The van der Waals surface area contributed by atoms with E-state index in [1.807, 2.05) is 27.2 Å². The number of amides is 1. The van der Waals surface area contributed by atoms with Gasteiger partial charge in [0.2, 0.25) is 5.91 Å². The highest BCUT2D eigenvalue weighted by Gasteiger charge is 2.27. The Morgan fingerprint density at radius 1 is 0.458 bits per heavy atom. The van der Waals surface area contributed by atoms with Crippen LogP contribution < -0.4 is 5.32 Å². The molecule has 0 aliphatic rings. The predicted molar refractivity (Wildman–Crippen MR) is 314 cm³/mol. The van der Waals surface area contributed by atoms with Gasteiger partial charge in [0.25, 0.3) is 0 Å². The number of nitrogens with one attached hydrogen (secondary N) is 1. The van der Waals surface area contributed by atoms with E-state index in [-0.39, 0.29) is 19.1 Å². The summed E-state index contributed by atoms with van der Waals surface area (Å²) in [5, 5.41) is 13.9. The smallest absolute Gasteiger partial charge is 0.387 e. The lowest BCUT2D eigenvalue weighted by molar-refractivity contribution is -0.870. The molecule has 0 fully saturated rings. The molecule has 0 bridgehead atoms. The molecular weight excluding hydrogens is 912 g/mol. The molecule has 1 amide bonds. The van der Waals surface area contributed by atoms with Gasteiger partial charge in [-0.15, -0.1) is 0 Å². The first-order chi connectivity index (χ1) is 35.0. The predicted octanol–water partition coefficient (Wildman–Crippen LogP) is 19.5. The van der Waals surface area contributed by atoms with Crippen LogP contribution in [0, 0.1) is 0 Å². The van der Waals surface area contributed by atoms with Gasteiger partial charge in [0, 0.05) is 6.42 Å². The number of nitrogens with zero attached hydrogens (tertiary/aromatic N) is 1. The maximum absolute atomic E-state index is 13.0. The summed E-state index contributed by atoms with van der Waals surface area (Å²) in [6.45, 7) is 4.85. The zero-order chi connectivity index (χ0) is 52.7. The number of hydrogen-bond donors (Lipinski definition) is 3. The first-order valence-electron chi connectivity index (χ1n) is 31.7. The number of quaternary nitrogens is 1. The average Bonchev–Trinajstić information content (AvgIpc) is 3.34. The van der Waals surface area contributed by atoms with Crippen molar-refractivity contribution in [2.45, 2.75) is 334 Å². The minimum absolute atomic E-state index is 0.0589. The molecule has 0 aromatic heterocycles. The average molecular weight is 1040 g/mol. The van der Waals surface area contributed by atoms with Crippen molar-refractivity contribution in [3.05, 3.63) is 24.3 Å². The number of rotatable bonds is 59. The first kappa shape index (κ1) is 71.0. The lowest BCUT2D eigenvalue weighted by atomic mass is 10.0. The third-order valence-corrected chi connectivity index (χ3v) is 15.7. The van der Waals surface area contributed by atoms with Gasteiger partial charge in [0.05, 0.1) is 39.9 Å². The molecule has 0 saturated heterocycles. The molecule has 0 aromatic carbocycles. The summed E-state index contributed by atoms with van der Waals surface area (Å²) in [6, 6.07) is -0.861. The monoisotopic (exact) mass is 1040 g/mol. The quantitative estimate of drug-likeness (QED) is 0.0243. The Hall–Kier alpha value is -1.02. The third kappa shape index (κ3) is 56.7. The Bertz CT molecular complexity index is 1220. The molecule has 0 aliphatic heterocycles. The Labute approximate surface area is 449 Å². The molecule has 428 valence electrons. The molecule has 9 heteroatoms. The minimum Gasteiger partial charge on any atom is -0.387 e. The van der Waals surface area contributed by atoms with Gasteiger partial charge in [-0.05, 0) is 32.1 Å². The molecule has 0 saturated carbocycles. The van der Waals surface area contributed by atoms with Crippen molar-refractivity contribution < 1.29 is 32.9 Å². The van der Waals surface area contributed by atoms with Crippen LogP contribution in [0.4, 0.5) is 0 Å². The third-order valence-electron chi connectivity index (χ3n) is 14.7. The van der Waals surface area contributed by atoms with Gasteiger partial charge < -0.3 is 19.8 Å². The number of allylic oxidation sites excluding steroid dienone is 3. The second kappa shape index (κ2) is 54.8. The number of aliphatic hydroxyl groups excluding tert-OH is 1. The maximum atomic E-state index is 13.0. The Morgan fingerprint density at radius 2 is 0.764 bits per heavy atom. The van der Waals surface area contributed by atoms with Crippen LogP contribution in [0.3, 0.4) is 0 Å². The number of hydrogen-bond acceptors (Lipinski definition) is 5. The number of unbranched alkanes of at least 4 members (excludes halogenated alkanes) is 44. The molecule has 0 heterocycles. The highest BCUT2D eigenvalue weighted by molar-refractivity contribution is 7.47. The first-order valence-corrected chi connectivity index (χ1v) is 33.2. The number of carbonyl (C=O) groups is 1. The topological polar surface area (TPSA) is 105 Å². The number of phosphoric acid groups is 1. The Kier molecular flexibility index (Phi) is 54.0. The second-order valence-electron chi connectivity index (χ2n) is 23.1. The summed E-state index contributed by atoms with van der Waals surface area (Å²) in [5.41, 5.74) is 0. The lowest BCUT2D eigenvalue weighted by Crippen LogP contribution is -2.45. The standard InChI is InChI=1S/C63H125N2O6P/c1-6-8-10-12-14-16-18-20-22-24-26-27-28-29-30-31-32-33-34-35-36-37-39-40-42-44-46-48-50-52-54-56-62(66)61(60-71-72(68,69)70-59-58-65(3,4)5)64-63(67)57-55-53-51-49-47-45-43-41-38-25-23-21-19-17-15-13-11-9-7-2/h46,48,54,56,61-62,66H,6-45,47,49-53,55,57-60H2,1-5H3,(H-,64,67,68,69)/p+1/b48-46+,56-54+. The van der Waals surface area contributed by atoms with E-state index in [0.29, 0.717) is 17.4 Å². The summed E-state index contributed by atoms with van der Waals surface area (Å²) >= 11 is 0. The molecule has 0 aliphatic carbocycles. The largest absolute Gasteiger partial charge is 0.472 e.